The molecule has 0 aliphatic carbocycles. The van der Waals surface area contributed by atoms with Crippen LogP contribution in [0.5, 0.6) is 0 Å². The molecule has 0 N–H and O–H groups in total. The highest BCUT2D eigenvalue weighted by Gasteiger charge is 2.30. The SMILES string of the molecule is CC(C)(C)C(CS)CN1C(=O)CCc2ccccc21. The van der Waals surface area contributed by atoms with Crippen LogP contribution >= 0.6 is 12.6 Å². The minimum Gasteiger partial charge on any atom is -0.312 e. The largest absolute Gasteiger partial charge is 0.312 e. The molecule has 1 heterocycles. The predicted octanol–water partition coefficient (Wildman–Crippen LogP) is 3.56. The summed E-state index contributed by atoms with van der Waals surface area (Å²) in [7, 11) is 0. The van der Waals surface area contributed by atoms with E-state index in [0.29, 0.717) is 12.3 Å². The Kier molecular flexibility index (Phi) is 4.24. The third kappa shape index (κ3) is 3.14. The van der Waals surface area contributed by atoms with Crippen LogP contribution in [0, 0.1) is 11.3 Å². The molecular weight excluding hydrogens is 254 g/mol. The van der Waals surface area contributed by atoms with Gasteiger partial charge in [0.25, 0.3) is 0 Å². The Balaban J connectivity index is 2.26. The average Bonchev–Trinajstić information content (AvgIpc) is 2.36. The first kappa shape index (κ1) is 14.4. The molecule has 1 aliphatic heterocycles. The second-order valence-electron chi connectivity index (χ2n) is 6.38. The third-order valence-corrected chi connectivity index (χ3v) is 4.48. The van der Waals surface area contributed by atoms with Gasteiger partial charge in [0.15, 0.2) is 0 Å². The molecule has 1 aromatic carbocycles. The maximum atomic E-state index is 12.2. The normalized spacial score (nSPS) is 17.3. The number of para-hydroxylation sites is 1. The van der Waals surface area contributed by atoms with E-state index in [1.807, 2.05) is 17.0 Å². The monoisotopic (exact) mass is 277 g/mol. The van der Waals surface area contributed by atoms with Crippen molar-refractivity contribution >= 4 is 24.2 Å². The highest BCUT2D eigenvalue weighted by Crippen LogP contribution is 2.33. The van der Waals surface area contributed by atoms with E-state index < -0.39 is 0 Å². The van der Waals surface area contributed by atoms with Crippen molar-refractivity contribution in [3.8, 4) is 0 Å². The van der Waals surface area contributed by atoms with Gasteiger partial charge < -0.3 is 4.90 Å². The molecule has 104 valence electrons. The summed E-state index contributed by atoms with van der Waals surface area (Å²) >= 11 is 4.47. The topological polar surface area (TPSA) is 20.3 Å². The Morgan fingerprint density at radius 3 is 2.58 bits per heavy atom. The molecule has 2 rings (SSSR count). The first-order chi connectivity index (χ1) is 8.93. The van der Waals surface area contributed by atoms with Crippen LogP contribution in [0.25, 0.3) is 0 Å². The molecule has 1 aliphatic rings. The van der Waals surface area contributed by atoms with Crippen molar-refractivity contribution in [3.05, 3.63) is 29.8 Å². The van der Waals surface area contributed by atoms with E-state index in [4.69, 9.17) is 0 Å². The quantitative estimate of drug-likeness (QED) is 0.838. The van der Waals surface area contributed by atoms with Gasteiger partial charge >= 0.3 is 0 Å². The van der Waals surface area contributed by atoms with E-state index in [-0.39, 0.29) is 11.3 Å². The Bertz CT molecular complexity index is 464. The molecule has 1 atom stereocenters. The van der Waals surface area contributed by atoms with Gasteiger partial charge in [0.2, 0.25) is 5.91 Å². The molecule has 0 fully saturated rings. The smallest absolute Gasteiger partial charge is 0.227 e. The van der Waals surface area contributed by atoms with Gasteiger partial charge in [0, 0.05) is 18.7 Å². The van der Waals surface area contributed by atoms with Crippen LogP contribution in [-0.4, -0.2) is 18.2 Å². The number of carbonyl (C=O) groups is 1. The van der Waals surface area contributed by atoms with Crippen molar-refractivity contribution in [2.45, 2.75) is 33.6 Å². The van der Waals surface area contributed by atoms with Gasteiger partial charge in [-0.1, -0.05) is 39.0 Å². The first-order valence-electron chi connectivity index (χ1n) is 6.92. The van der Waals surface area contributed by atoms with Crippen molar-refractivity contribution in [1.29, 1.82) is 0 Å². The number of aryl methyl sites for hydroxylation is 1. The van der Waals surface area contributed by atoms with Crippen LogP contribution < -0.4 is 4.90 Å². The van der Waals surface area contributed by atoms with Crippen LogP contribution in [0.4, 0.5) is 5.69 Å². The maximum absolute atomic E-state index is 12.2. The van der Waals surface area contributed by atoms with Crippen molar-refractivity contribution in [1.82, 2.24) is 0 Å². The number of thiol groups is 1. The number of rotatable bonds is 3. The standard InChI is InChI=1S/C16H23NOS/c1-16(2,3)13(11-19)10-17-14-7-5-4-6-12(14)8-9-15(17)18/h4-7,13,19H,8-11H2,1-3H3. The molecule has 2 nitrogen and oxygen atoms in total. The lowest BCUT2D eigenvalue weighted by molar-refractivity contribution is -0.119. The summed E-state index contributed by atoms with van der Waals surface area (Å²) in [6.45, 7) is 7.42. The Morgan fingerprint density at radius 1 is 1.26 bits per heavy atom. The summed E-state index contributed by atoms with van der Waals surface area (Å²) in [5.74, 6) is 1.44. The molecule has 1 amide bonds. The number of hydrogen-bond acceptors (Lipinski definition) is 2. The van der Waals surface area contributed by atoms with E-state index in [1.165, 1.54) is 5.56 Å². The second-order valence-corrected chi connectivity index (χ2v) is 6.74. The van der Waals surface area contributed by atoms with Gasteiger partial charge in [0.05, 0.1) is 0 Å². The molecule has 0 bridgehead atoms. The number of carbonyl (C=O) groups excluding carboxylic acids is 1. The Morgan fingerprint density at radius 2 is 1.95 bits per heavy atom. The Labute approximate surface area is 121 Å². The predicted molar refractivity (Wildman–Crippen MR) is 83.9 cm³/mol. The van der Waals surface area contributed by atoms with Crippen molar-refractivity contribution in [2.24, 2.45) is 11.3 Å². The lowest BCUT2D eigenvalue weighted by atomic mass is 9.81. The second kappa shape index (κ2) is 5.58. The number of anilines is 1. The van der Waals surface area contributed by atoms with Crippen molar-refractivity contribution in [3.63, 3.8) is 0 Å². The number of amides is 1. The number of nitrogens with zero attached hydrogens (tertiary/aromatic N) is 1. The molecule has 0 spiro atoms. The molecule has 3 heteroatoms. The van der Waals surface area contributed by atoms with Crippen LogP contribution in [-0.2, 0) is 11.2 Å². The summed E-state index contributed by atoms with van der Waals surface area (Å²) in [4.78, 5) is 14.2. The van der Waals surface area contributed by atoms with E-state index in [1.54, 1.807) is 0 Å². The number of benzene rings is 1. The van der Waals surface area contributed by atoms with Crippen LogP contribution in [0.15, 0.2) is 24.3 Å². The summed E-state index contributed by atoms with van der Waals surface area (Å²) in [5, 5.41) is 0. The zero-order chi connectivity index (χ0) is 14.0. The summed E-state index contributed by atoms with van der Waals surface area (Å²) in [6.07, 6.45) is 1.49. The molecule has 0 radical (unpaired) electrons. The summed E-state index contributed by atoms with van der Waals surface area (Å²) in [5.41, 5.74) is 2.54. The highest BCUT2D eigenvalue weighted by molar-refractivity contribution is 7.80. The van der Waals surface area contributed by atoms with E-state index in [2.05, 4.69) is 45.5 Å². The van der Waals surface area contributed by atoms with Crippen molar-refractivity contribution in [2.75, 3.05) is 17.2 Å². The van der Waals surface area contributed by atoms with Gasteiger partial charge in [-0.2, -0.15) is 12.6 Å². The minimum absolute atomic E-state index is 0.161. The van der Waals surface area contributed by atoms with E-state index in [9.17, 15) is 4.79 Å². The van der Waals surface area contributed by atoms with Gasteiger partial charge in [-0.05, 0) is 35.1 Å². The zero-order valence-electron chi connectivity index (χ0n) is 12.0. The maximum Gasteiger partial charge on any atom is 0.227 e. The summed E-state index contributed by atoms with van der Waals surface area (Å²) < 4.78 is 0. The molecule has 0 saturated carbocycles. The average molecular weight is 277 g/mol. The molecule has 19 heavy (non-hydrogen) atoms. The first-order valence-corrected chi connectivity index (χ1v) is 7.56. The minimum atomic E-state index is 0.161. The zero-order valence-corrected chi connectivity index (χ0v) is 12.9. The van der Waals surface area contributed by atoms with Gasteiger partial charge in [0.1, 0.15) is 0 Å². The lowest BCUT2D eigenvalue weighted by Crippen LogP contribution is -2.42. The molecule has 1 unspecified atom stereocenters. The van der Waals surface area contributed by atoms with Crippen molar-refractivity contribution < 1.29 is 4.79 Å². The van der Waals surface area contributed by atoms with Crippen LogP contribution in [0.1, 0.15) is 32.8 Å². The van der Waals surface area contributed by atoms with Crippen LogP contribution in [0.3, 0.4) is 0 Å². The number of fused-ring (bicyclic) bond motifs is 1. The van der Waals surface area contributed by atoms with Gasteiger partial charge in [-0.3, -0.25) is 4.79 Å². The van der Waals surface area contributed by atoms with E-state index in [0.717, 1.165) is 24.4 Å². The third-order valence-electron chi connectivity index (χ3n) is 4.04. The fourth-order valence-corrected chi connectivity index (χ4v) is 3.19. The summed E-state index contributed by atoms with van der Waals surface area (Å²) in [6, 6.07) is 8.25. The molecule has 1 aromatic rings. The number of hydrogen-bond donors (Lipinski definition) is 1. The van der Waals surface area contributed by atoms with Gasteiger partial charge in [-0.25, -0.2) is 0 Å². The lowest BCUT2D eigenvalue weighted by Gasteiger charge is -2.37. The highest BCUT2D eigenvalue weighted by atomic mass is 32.1. The van der Waals surface area contributed by atoms with Crippen LogP contribution in [0.2, 0.25) is 0 Å². The Hall–Kier alpha value is -0.960. The van der Waals surface area contributed by atoms with E-state index >= 15 is 0 Å². The fraction of sp³-hybridized carbons (Fsp3) is 0.562. The molecule has 0 saturated heterocycles. The fourth-order valence-electron chi connectivity index (χ4n) is 2.52. The molecule has 0 aromatic heterocycles. The van der Waals surface area contributed by atoms with Gasteiger partial charge in [-0.15, -0.1) is 0 Å². The molecular formula is C16H23NOS.